The van der Waals surface area contributed by atoms with Gasteiger partial charge in [-0.05, 0) is 89.4 Å². The average molecular weight is 458 g/mol. The Morgan fingerprint density at radius 3 is 2.06 bits per heavy atom. The van der Waals surface area contributed by atoms with Gasteiger partial charge >= 0.3 is 0 Å². The molecule has 0 aromatic heterocycles. The third kappa shape index (κ3) is 4.74. The number of hydrogen-bond donors (Lipinski definition) is 0. The summed E-state index contributed by atoms with van der Waals surface area (Å²) in [6.07, 6.45) is 16.1. The molecule has 0 N–H and O–H groups in total. The number of ether oxygens (including phenoxy) is 1. The minimum Gasteiger partial charge on any atom is -0.489 e. The van der Waals surface area contributed by atoms with Crippen LogP contribution in [0.3, 0.4) is 0 Å². The molecular weight excluding hydrogens is 426 g/mol. The van der Waals surface area contributed by atoms with Gasteiger partial charge in [-0.1, -0.05) is 72.8 Å². The predicted molar refractivity (Wildman–Crippen MR) is 147 cm³/mol. The minimum atomic E-state index is 0.545. The highest BCUT2D eigenvalue weighted by Gasteiger charge is 2.23. The van der Waals surface area contributed by atoms with Gasteiger partial charge in [0.05, 0.1) is 0 Å². The van der Waals surface area contributed by atoms with Crippen molar-refractivity contribution in [3.8, 4) is 0 Å². The first kappa shape index (κ1) is 21.7. The van der Waals surface area contributed by atoms with Crippen LogP contribution in [-0.2, 0) is 17.6 Å². The van der Waals surface area contributed by atoms with E-state index in [9.17, 15) is 0 Å². The summed E-state index contributed by atoms with van der Waals surface area (Å²) >= 11 is 0. The highest BCUT2D eigenvalue weighted by atomic mass is 16.5. The van der Waals surface area contributed by atoms with Crippen molar-refractivity contribution in [3.05, 3.63) is 130 Å². The van der Waals surface area contributed by atoms with E-state index in [4.69, 9.17) is 4.74 Å². The average Bonchev–Trinajstić information content (AvgIpc) is 2.89. The maximum Gasteiger partial charge on any atom is 0.127 e. The van der Waals surface area contributed by atoms with Crippen molar-refractivity contribution in [2.75, 3.05) is 24.6 Å². The zero-order chi connectivity index (χ0) is 23.5. The van der Waals surface area contributed by atoms with Crippen molar-refractivity contribution in [1.29, 1.82) is 0 Å². The van der Waals surface area contributed by atoms with Crippen molar-refractivity contribution in [1.82, 2.24) is 0 Å². The molecule has 0 saturated heterocycles. The second kappa shape index (κ2) is 9.84. The van der Waals surface area contributed by atoms with Gasteiger partial charge in [-0.15, -0.1) is 0 Å². The first-order valence-corrected chi connectivity index (χ1v) is 12.8. The quantitative estimate of drug-likeness (QED) is 0.403. The Kier molecular flexibility index (Phi) is 6.11. The second-order valence-electron chi connectivity index (χ2n) is 9.57. The molecule has 3 heterocycles. The monoisotopic (exact) mass is 457 g/mol. The minimum absolute atomic E-state index is 0.545. The Bertz CT molecular complexity index is 1300. The standard InChI is InChI=1S/C33H31NO/c1-3-9-27(10-4-1)31-21-25(17-20-35-32(24-31)28-11-5-2-6-12-28)15-16-26-22-29-13-7-18-34-19-8-14-30(23-26)33(29)34/h1-6,9-12,15-17,21-24H,7-8,13-14,18-20H2/b16-15+,25-17?,31-21+,32-24-. The van der Waals surface area contributed by atoms with Crippen molar-refractivity contribution in [3.63, 3.8) is 0 Å². The zero-order valence-corrected chi connectivity index (χ0v) is 20.1. The molecule has 2 nitrogen and oxygen atoms in total. The molecule has 3 aliphatic heterocycles. The third-order valence-electron chi connectivity index (χ3n) is 7.15. The fourth-order valence-electron chi connectivity index (χ4n) is 5.49. The number of rotatable bonds is 4. The van der Waals surface area contributed by atoms with Gasteiger partial charge in [-0.2, -0.15) is 0 Å². The summed E-state index contributed by atoms with van der Waals surface area (Å²) in [4.78, 5) is 2.60. The van der Waals surface area contributed by atoms with E-state index in [-0.39, 0.29) is 0 Å². The van der Waals surface area contributed by atoms with Gasteiger partial charge in [0.25, 0.3) is 0 Å². The van der Waals surface area contributed by atoms with Crippen LogP contribution in [0, 0.1) is 0 Å². The fourth-order valence-corrected chi connectivity index (χ4v) is 5.49. The van der Waals surface area contributed by atoms with Gasteiger partial charge in [0.2, 0.25) is 0 Å². The van der Waals surface area contributed by atoms with Crippen molar-refractivity contribution < 1.29 is 4.74 Å². The highest BCUT2D eigenvalue weighted by molar-refractivity contribution is 5.84. The first-order chi connectivity index (χ1) is 17.3. The summed E-state index contributed by atoms with van der Waals surface area (Å²) in [6, 6.07) is 25.7. The molecule has 0 amide bonds. The molecule has 3 aliphatic rings. The Balaban J connectivity index is 1.34. The van der Waals surface area contributed by atoms with Gasteiger partial charge in [-0.25, -0.2) is 0 Å². The Hall–Kier alpha value is -3.78. The smallest absolute Gasteiger partial charge is 0.127 e. The van der Waals surface area contributed by atoms with E-state index in [1.807, 2.05) is 6.07 Å². The SMILES string of the molecule is C1=C(/C=C/c2cc3c4c(c2)CCCN4CCC3)/C=C(c2ccccc2)\C=C(\c2ccccc2)OC1. The van der Waals surface area contributed by atoms with Crippen molar-refractivity contribution >= 4 is 23.1 Å². The highest BCUT2D eigenvalue weighted by Crippen LogP contribution is 2.36. The molecular formula is C33H31NO. The lowest BCUT2D eigenvalue weighted by Crippen LogP contribution is -2.34. The number of aryl methyl sites for hydroxylation is 2. The van der Waals surface area contributed by atoms with Crippen molar-refractivity contribution in [2.24, 2.45) is 0 Å². The lowest BCUT2D eigenvalue weighted by atomic mass is 9.90. The molecule has 0 saturated carbocycles. The number of anilines is 1. The largest absolute Gasteiger partial charge is 0.489 e. The van der Waals surface area contributed by atoms with E-state index in [1.54, 1.807) is 0 Å². The summed E-state index contributed by atoms with van der Waals surface area (Å²) in [7, 11) is 0. The van der Waals surface area contributed by atoms with E-state index in [1.165, 1.54) is 72.3 Å². The predicted octanol–water partition coefficient (Wildman–Crippen LogP) is 7.48. The molecule has 0 spiro atoms. The van der Waals surface area contributed by atoms with Gasteiger partial charge in [0, 0.05) is 24.3 Å². The second-order valence-corrected chi connectivity index (χ2v) is 9.57. The van der Waals surface area contributed by atoms with Crippen LogP contribution in [0.1, 0.15) is 40.7 Å². The zero-order valence-electron chi connectivity index (χ0n) is 20.1. The van der Waals surface area contributed by atoms with Crippen molar-refractivity contribution in [2.45, 2.75) is 25.7 Å². The summed E-state index contributed by atoms with van der Waals surface area (Å²) in [6.45, 7) is 2.98. The summed E-state index contributed by atoms with van der Waals surface area (Å²) in [5.74, 6) is 0.901. The molecule has 6 rings (SSSR count). The lowest BCUT2D eigenvalue weighted by Gasteiger charge is -2.37. The van der Waals surface area contributed by atoms with Crippen LogP contribution in [0.25, 0.3) is 17.4 Å². The molecule has 0 bridgehead atoms. The molecule has 0 unspecified atom stereocenters. The molecule has 35 heavy (non-hydrogen) atoms. The number of nitrogens with zero attached hydrogens (tertiary/aromatic N) is 1. The number of hydrogen-bond acceptors (Lipinski definition) is 2. The van der Waals surface area contributed by atoms with Crippen LogP contribution >= 0.6 is 0 Å². The first-order valence-electron chi connectivity index (χ1n) is 12.8. The third-order valence-corrected chi connectivity index (χ3v) is 7.15. The summed E-state index contributed by atoms with van der Waals surface area (Å²) < 4.78 is 6.24. The van der Waals surface area contributed by atoms with Crippen LogP contribution in [0.4, 0.5) is 5.69 Å². The fraction of sp³-hybridized carbons (Fsp3) is 0.212. The van der Waals surface area contributed by atoms with Crippen LogP contribution in [-0.4, -0.2) is 19.7 Å². The van der Waals surface area contributed by atoms with Gasteiger partial charge in [-0.3, -0.25) is 0 Å². The van der Waals surface area contributed by atoms with E-state index >= 15 is 0 Å². The normalized spacial score (nSPS) is 20.5. The summed E-state index contributed by atoms with van der Waals surface area (Å²) in [5.41, 5.74) is 10.5. The summed E-state index contributed by atoms with van der Waals surface area (Å²) in [5, 5.41) is 0. The van der Waals surface area contributed by atoms with Crippen LogP contribution in [0.15, 0.2) is 103 Å². The van der Waals surface area contributed by atoms with Crippen LogP contribution < -0.4 is 4.90 Å². The van der Waals surface area contributed by atoms with E-state index < -0.39 is 0 Å². The van der Waals surface area contributed by atoms with Crippen LogP contribution in [0.2, 0.25) is 0 Å². The van der Waals surface area contributed by atoms with E-state index in [0.717, 1.165) is 16.9 Å². The molecule has 3 aromatic rings. The topological polar surface area (TPSA) is 12.5 Å². The van der Waals surface area contributed by atoms with E-state index in [2.05, 4.69) is 102 Å². The Morgan fingerprint density at radius 1 is 0.714 bits per heavy atom. The molecule has 0 radical (unpaired) electrons. The molecule has 174 valence electrons. The Morgan fingerprint density at radius 2 is 1.37 bits per heavy atom. The lowest BCUT2D eigenvalue weighted by molar-refractivity contribution is 0.319. The molecule has 0 atom stereocenters. The van der Waals surface area contributed by atoms with Gasteiger partial charge < -0.3 is 9.64 Å². The number of allylic oxidation sites excluding steroid dienone is 5. The van der Waals surface area contributed by atoms with E-state index in [0.29, 0.717) is 6.61 Å². The van der Waals surface area contributed by atoms with Gasteiger partial charge in [0.1, 0.15) is 12.4 Å². The Labute approximate surface area is 208 Å². The van der Waals surface area contributed by atoms with Crippen LogP contribution in [0.5, 0.6) is 0 Å². The van der Waals surface area contributed by atoms with Gasteiger partial charge in [0.15, 0.2) is 0 Å². The molecule has 0 fully saturated rings. The molecule has 2 heteroatoms. The maximum atomic E-state index is 6.24. The number of benzene rings is 3. The molecule has 3 aromatic carbocycles. The maximum absolute atomic E-state index is 6.24. The molecule has 0 aliphatic carbocycles.